The van der Waals surface area contributed by atoms with Crippen LogP contribution in [0.1, 0.15) is 79.1 Å². The van der Waals surface area contributed by atoms with E-state index in [1.54, 1.807) is 0 Å². The molecular formula is C18H35NO2. The third kappa shape index (κ3) is 6.82. The van der Waals surface area contributed by atoms with E-state index >= 15 is 0 Å². The van der Waals surface area contributed by atoms with Crippen LogP contribution in [-0.2, 0) is 4.79 Å². The summed E-state index contributed by atoms with van der Waals surface area (Å²) in [7, 11) is 0. The van der Waals surface area contributed by atoms with Crippen molar-refractivity contribution in [3.05, 3.63) is 0 Å². The third-order valence-electron chi connectivity index (χ3n) is 4.91. The lowest BCUT2D eigenvalue weighted by molar-refractivity contribution is -0.147. The molecule has 0 radical (unpaired) electrons. The molecule has 124 valence electrons. The van der Waals surface area contributed by atoms with Crippen LogP contribution >= 0.6 is 0 Å². The van der Waals surface area contributed by atoms with Crippen molar-refractivity contribution in [2.24, 2.45) is 11.3 Å². The fourth-order valence-electron chi connectivity index (χ4n) is 3.16. The summed E-state index contributed by atoms with van der Waals surface area (Å²) in [5.74, 6) is 0.0924. The molecule has 0 aromatic heterocycles. The summed E-state index contributed by atoms with van der Waals surface area (Å²) in [6, 6.07) is 0.788. The molecule has 1 aliphatic rings. The zero-order valence-corrected chi connectivity index (χ0v) is 14.5. The van der Waals surface area contributed by atoms with Gasteiger partial charge in [0.2, 0.25) is 0 Å². The fraction of sp³-hybridized carbons (Fsp3) is 0.944. The topological polar surface area (TPSA) is 40.5 Å². The minimum absolute atomic E-state index is 0.573. The molecular weight excluding hydrogens is 262 g/mol. The molecule has 0 amide bonds. The third-order valence-corrected chi connectivity index (χ3v) is 4.91. The van der Waals surface area contributed by atoms with E-state index in [-0.39, 0.29) is 0 Å². The van der Waals surface area contributed by atoms with Gasteiger partial charge in [-0.05, 0) is 65.0 Å². The number of hydrogen-bond acceptors (Lipinski definition) is 2. The largest absolute Gasteiger partial charge is 0.481 e. The Hall–Kier alpha value is -0.570. The average Bonchev–Trinajstić information content (AvgIpc) is 2.91. The van der Waals surface area contributed by atoms with Gasteiger partial charge in [0.1, 0.15) is 0 Å². The van der Waals surface area contributed by atoms with Crippen LogP contribution in [0.3, 0.4) is 0 Å². The number of nitrogens with zero attached hydrogens (tertiary/aromatic N) is 1. The number of aliphatic carboxylic acids is 1. The molecule has 0 bridgehead atoms. The Labute approximate surface area is 131 Å². The van der Waals surface area contributed by atoms with Crippen LogP contribution in [0.5, 0.6) is 0 Å². The predicted molar refractivity (Wildman–Crippen MR) is 88.6 cm³/mol. The molecule has 0 unspecified atom stereocenters. The predicted octanol–water partition coefficient (Wildman–Crippen LogP) is 4.56. The van der Waals surface area contributed by atoms with Crippen LogP contribution in [0, 0.1) is 11.3 Å². The molecule has 3 nitrogen and oxygen atoms in total. The highest BCUT2D eigenvalue weighted by molar-refractivity contribution is 5.73. The van der Waals surface area contributed by atoms with Gasteiger partial charge in [0.15, 0.2) is 0 Å². The molecule has 1 fully saturated rings. The summed E-state index contributed by atoms with van der Waals surface area (Å²) < 4.78 is 0. The zero-order chi connectivity index (χ0) is 15.9. The van der Waals surface area contributed by atoms with Crippen molar-refractivity contribution in [3.63, 3.8) is 0 Å². The van der Waals surface area contributed by atoms with E-state index in [1.807, 2.05) is 13.8 Å². The highest BCUT2D eigenvalue weighted by atomic mass is 16.4. The van der Waals surface area contributed by atoms with Crippen LogP contribution in [0.2, 0.25) is 0 Å². The van der Waals surface area contributed by atoms with Crippen molar-refractivity contribution < 1.29 is 9.90 Å². The van der Waals surface area contributed by atoms with E-state index in [1.165, 1.54) is 38.6 Å². The summed E-state index contributed by atoms with van der Waals surface area (Å²) in [6.07, 6.45) is 9.69. The quantitative estimate of drug-likeness (QED) is 0.601. The Kier molecular flexibility index (Phi) is 7.72. The second kappa shape index (κ2) is 8.77. The molecule has 0 atom stereocenters. The Bertz CT molecular complexity index is 306. The van der Waals surface area contributed by atoms with Gasteiger partial charge in [-0.2, -0.15) is 0 Å². The van der Waals surface area contributed by atoms with Gasteiger partial charge >= 0.3 is 5.97 Å². The fourth-order valence-corrected chi connectivity index (χ4v) is 3.16. The zero-order valence-electron chi connectivity index (χ0n) is 14.5. The van der Waals surface area contributed by atoms with Crippen LogP contribution in [0.25, 0.3) is 0 Å². The van der Waals surface area contributed by atoms with Gasteiger partial charge in [-0.15, -0.1) is 0 Å². The normalized spacial score (nSPS) is 17.0. The highest BCUT2D eigenvalue weighted by Crippen LogP contribution is 2.26. The Morgan fingerprint density at radius 1 is 1.19 bits per heavy atom. The highest BCUT2D eigenvalue weighted by Gasteiger charge is 2.27. The number of carboxylic acids is 1. The van der Waals surface area contributed by atoms with Gasteiger partial charge in [0.25, 0.3) is 0 Å². The second-order valence-corrected chi connectivity index (χ2v) is 7.80. The van der Waals surface area contributed by atoms with E-state index in [9.17, 15) is 4.79 Å². The standard InChI is InChI=1S/C18H35NO2/c1-15(2)11-14-19(16-9-5-6-10-16)13-8-7-12-18(3,4)17(20)21/h15-16H,5-14H2,1-4H3,(H,20,21). The Morgan fingerprint density at radius 3 is 2.33 bits per heavy atom. The maximum absolute atomic E-state index is 11.1. The minimum Gasteiger partial charge on any atom is -0.481 e. The molecule has 0 aromatic carbocycles. The number of hydrogen-bond donors (Lipinski definition) is 1. The Morgan fingerprint density at radius 2 is 1.81 bits per heavy atom. The van der Waals surface area contributed by atoms with Crippen molar-refractivity contribution in [1.82, 2.24) is 4.90 Å². The van der Waals surface area contributed by atoms with Gasteiger partial charge < -0.3 is 10.0 Å². The van der Waals surface area contributed by atoms with Gasteiger partial charge in [0.05, 0.1) is 5.41 Å². The molecule has 1 saturated carbocycles. The summed E-state index contributed by atoms with van der Waals surface area (Å²) in [5, 5.41) is 9.16. The van der Waals surface area contributed by atoms with E-state index < -0.39 is 11.4 Å². The monoisotopic (exact) mass is 297 g/mol. The summed E-state index contributed by atoms with van der Waals surface area (Å²) in [4.78, 5) is 13.8. The van der Waals surface area contributed by atoms with Crippen LogP contribution in [-0.4, -0.2) is 35.1 Å². The molecule has 0 aliphatic heterocycles. The van der Waals surface area contributed by atoms with Crippen LogP contribution < -0.4 is 0 Å². The van der Waals surface area contributed by atoms with Crippen molar-refractivity contribution in [3.8, 4) is 0 Å². The lowest BCUT2D eigenvalue weighted by atomic mass is 9.87. The number of rotatable bonds is 10. The molecule has 1 aliphatic carbocycles. The minimum atomic E-state index is -0.671. The SMILES string of the molecule is CC(C)CCN(CCCCC(C)(C)C(=O)O)C1CCCC1. The maximum Gasteiger partial charge on any atom is 0.309 e. The molecule has 0 heterocycles. The molecule has 3 heteroatoms. The van der Waals surface area contributed by atoms with Crippen LogP contribution in [0.15, 0.2) is 0 Å². The van der Waals surface area contributed by atoms with E-state index in [0.717, 1.165) is 37.8 Å². The molecule has 1 N–H and O–H groups in total. The van der Waals surface area contributed by atoms with E-state index in [4.69, 9.17) is 5.11 Å². The lowest BCUT2D eigenvalue weighted by Gasteiger charge is -2.30. The molecule has 0 spiro atoms. The van der Waals surface area contributed by atoms with Gasteiger partial charge in [-0.3, -0.25) is 4.79 Å². The van der Waals surface area contributed by atoms with Crippen molar-refractivity contribution >= 4 is 5.97 Å². The lowest BCUT2D eigenvalue weighted by Crippen LogP contribution is -2.35. The molecule has 1 rings (SSSR count). The first-order chi connectivity index (χ1) is 9.83. The van der Waals surface area contributed by atoms with Crippen molar-refractivity contribution in [1.29, 1.82) is 0 Å². The first-order valence-corrected chi connectivity index (χ1v) is 8.80. The van der Waals surface area contributed by atoms with Crippen molar-refractivity contribution in [2.75, 3.05) is 13.1 Å². The first kappa shape index (κ1) is 18.5. The number of carboxylic acid groups (broad SMARTS) is 1. The number of unbranched alkanes of at least 4 members (excludes halogenated alkanes) is 1. The number of carbonyl (C=O) groups is 1. The van der Waals surface area contributed by atoms with Gasteiger partial charge in [-0.25, -0.2) is 0 Å². The smallest absolute Gasteiger partial charge is 0.309 e. The van der Waals surface area contributed by atoms with Crippen molar-refractivity contribution in [2.45, 2.75) is 85.1 Å². The molecule has 21 heavy (non-hydrogen) atoms. The summed E-state index contributed by atoms with van der Waals surface area (Å²) in [5.41, 5.74) is -0.573. The van der Waals surface area contributed by atoms with E-state index in [0.29, 0.717) is 0 Å². The second-order valence-electron chi connectivity index (χ2n) is 7.80. The Balaban J connectivity index is 2.33. The maximum atomic E-state index is 11.1. The van der Waals surface area contributed by atoms with Gasteiger partial charge in [-0.1, -0.05) is 33.1 Å². The van der Waals surface area contributed by atoms with Crippen LogP contribution in [0.4, 0.5) is 0 Å². The first-order valence-electron chi connectivity index (χ1n) is 8.80. The summed E-state index contributed by atoms with van der Waals surface area (Å²) >= 11 is 0. The summed E-state index contributed by atoms with van der Waals surface area (Å²) in [6.45, 7) is 10.6. The average molecular weight is 297 g/mol. The van der Waals surface area contributed by atoms with Gasteiger partial charge in [0, 0.05) is 6.04 Å². The molecule has 0 aromatic rings. The van der Waals surface area contributed by atoms with E-state index in [2.05, 4.69) is 18.7 Å². The molecule has 0 saturated heterocycles.